The van der Waals surface area contributed by atoms with Crippen molar-refractivity contribution in [1.82, 2.24) is 0 Å². The van der Waals surface area contributed by atoms with E-state index in [2.05, 4.69) is 13.8 Å². The van der Waals surface area contributed by atoms with Crippen molar-refractivity contribution in [3.63, 3.8) is 0 Å². The van der Waals surface area contributed by atoms with Gasteiger partial charge in [-0.1, -0.05) is 26.7 Å². The van der Waals surface area contributed by atoms with Crippen molar-refractivity contribution < 1.29 is 0 Å². The zero-order valence-electron chi connectivity index (χ0n) is 7.84. The lowest BCUT2D eigenvalue weighted by molar-refractivity contribution is 0.209. The van der Waals surface area contributed by atoms with E-state index in [9.17, 15) is 0 Å². The molecule has 0 aliphatic heterocycles. The number of fused-ring (bicyclic) bond motifs is 2. The normalized spacial score (nSPS) is 48.5. The summed E-state index contributed by atoms with van der Waals surface area (Å²) in [7, 11) is 0. The lowest BCUT2D eigenvalue weighted by atomic mass is 9.77. The number of rotatable bonds is 2. The van der Waals surface area contributed by atoms with Gasteiger partial charge < -0.3 is 0 Å². The molecule has 0 heteroatoms. The van der Waals surface area contributed by atoms with Gasteiger partial charge in [0.15, 0.2) is 0 Å². The average molecular weight is 152 g/mol. The van der Waals surface area contributed by atoms with Gasteiger partial charge in [-0.15, -0.1) is 0 Å². The fourth-order valence-corrected chi connectivity index (χ4v) is 3.80. The van der Waals surface area contributed by atoms with E-state index in [1.54, 1.807) is 19.3 Å². The van der Waals surface area contributed by atoms with Crippen LogP contribution in [0.4, 0.5) is 0 Å². The van der Waals surface area contributed by atoms with Crippen molar-refractivity contribution in [1.29, 1.82) is 0 Å². The molecule has 0 radical (unpaired) electrons. The van der Waals surface area contributed by atoms with Crippen LogP contribution in [0.5, 0.6) is 0 Å². The molecule has 4 atom stereocenters. The van der Waals surface area contributed by atoms with Crippen LogP contribution in [0.1, 0.15) is 46.0 Å². The fraction of sp³-hybridized carbons (Fsp3) is 1.00. The minimum absolute atomic E-state index is 1.11. The van der Waals surface area contributed by atoms with Crippen molar-refractivity contribution in [3.05, 3.63) is 0 Å². The summed E-state index contributed by atoms with van der Waals surface area (Å²) in [5, 5.41) is 0. The molecule has 0 amide bonds. The summed E-state index contributed by atoms with van der Waals surface area (Å²) in [4.78, 5) is 0. The molecular weight excluding hydrogens is 132 g/mol. The van der Waals surface area contributed by atoms with E-state index in [1.807, 2.05) is 0 Å². The third-order valence-electron chi connectivity index (χ3n) is 4.22. The van der Waals surface area contributed by atoms with Crippen LogP contribution in [-0.4, -0.2) is 0 Å². The van der Waals surface area contributed by atoms with Crippen molar-refractivity contribution in [3.8, 4) is 0 Å². The first-order valence-corrected chi connectivity index (χ1v) is 5.36. The molecule has 2 bridgehead atoms. The van der Waals surface area contributed by atoms with Crippen molar-refractivity contribution in [2.24, 2.45) is 23.7 Å². The molecule has 0 aromatic heterocycles. The first kappa shape index (κ1) is 7.64. The molecule has 2 unspecified atom stereocenters. The molecular formula is C11H20. The Balaban J connectivity index is 2.08. The van der Waals surface area contributed by atoms with E-state index in [0.717, 1.165) is 23.7 Å². The molecule has 0 nitrogen and oxygen atoms in total. The van der Waals surface area contributed by atoms with Crippen LogP contribution >= 0.6 is 0 Å². The summed E-state index contributed by atoms with van der Waals surface area (Å²) in [6, 6.07) is 0. The summed E-state index contributed by atoms with van der Waals surface area (Å²) in [6.45, 7) is 4.77. The highest BCUT2D eigenvalue weighted by Gasteiger charge is 2.45. The third kappa shape index (κ3) is 1.02. The first-order valence-electron chi connectivity index (χ1n) is 5.36. The lowest BCUT2D eigenvalue weighted by Gasteiger charge is -2.29. The molecule has 2 aliphatic carbocycles. The van der Waals surface area contributed by atoms with E-state index >= 15 is 0 Å². The summed E-state index contributed by atoms with van der Waals surface area (Å²) >= 11 is 0. The van der Waals surface area contributed by atoms with Crippen LogP contribution in [0.2, 0.25) is 0 Å². The molecule has 2 saturated carbocycles. The standard InChI is InChI=1S/C11H20/c1-3-10-8-5-6-9(7-8)11(10)4-2/h8-11H,3-7H2,1-2H3/t8?,9?,10-,11-/m0/s1. The quantitative estimate of drug-likeness (QED) is 0.568. The summed E-state index contributed by atoms with van der Waals surface area (Å²) in [6.07, 6.45) is 7.58. The van der Waals surface area contributed by atoms with Crippen molar-refractivity contribution in [2.45, 2.75) is 46.0 Å². The maximum Gasteiger partial charge on any atom is -0.0357 e. The second kappa shape index (κ2) is 2.80. The molecule has 11 heavy (non-hydrogen) atoms. The van der Waals surface area contributed by atoms with Gasteiger partial charge >= 0.3 is 0 Å². The molecule has 0 saturated heterocycles. The number of hydrogen-bond donors (Lipinski definition) is 0. The van der Waals surface area contributed by atoms with Crippen LogP contribution in [0, 0.1) is 23.7 Å². The van der Waals surface area contributed by atoms with E-state index in [0.29, 0.717) is 0 Å². The number of hydrogen-bond acceptors (Lipinski definition) is 0. The largest absolute Gasteiger partial charge is 0.0651 e. The van der Waals surface area contributed by atoms with E-state index in [-0.39, 0.29) is 0 Å². The van der Waals surface area contributed by atoms with Gasteiger partial charge in [0.2, 0.25) is 0 Å². The molecule has 64 valence electrons. The third-order valence-corrected chi connectivity index (χ3v) is 4.22. The molecule has 0 spiro atoms. The Morgan fingerprint density at radius 1 is 0.909 bits per heavy atom. The van der Waals surface area contributed by atoms with Crippen molar-refractivity contribution >= 4 is 0 Å². The molecule has 2 fully saturated rings. The smallest absolute Gasteiger partial charge is 0.0357 e. The summed E-state index contributed by atoms with van der Waals surface area (Å²) in [5.74, 6) is 4.49. The van der Waals surface area contributed by atoms with E-state index in [4.69, 9.17) is 0 Å². The van der Waals surface area contributed by atoms with Crippen LogP contribution < -0.4 is 0 Å². The highest BCUT2D eigenvalue weighted by molar-refractivity contribution is 4.94. The summed E-state index contributed by atoms with van der Waals surface area (Å²) < 4.78 is 0. The van der Waals surface area contributed by atoms with Gasteiger partial charge in [-0.25, -0.2) is 0 Å². The Hall–Kier alpha value is 0. The second-order valence-electron chi connectivity index (χ2n) is 4.48. The Morgan fingerprint density at radius 3 is 1.73 bits per heavy atom. The zero-order valence-corrected chi connectivity index (χ0v) is 7.84. The van der Waals surface area contributed by atoms with Gasteiger partial charge in [0.25, 0.3) is 0 Å². The maximum absolute atomic E-state index is 2.38. The van der Waals surface area contributed by atoms with Gasteiger partial charge in [-0.2, -0.15) is 0 Å². The highest BCUT2D eigenvalue weighted by Crippen LogP contribution is 2.54. The van der Waals surface area contributed by atoms with Crippen LogP contribution in [0.25, 0.3) is 0 Å². The van der Waals surface area contributed by atoms with Crippen LogP contribution in [0.15, 0.2) is 0 Å². The Morgan fingerprint density at radius 2 is 1.36 bits per heavy atom. The van der Waals surface area contributed by atoms with Gasteiger partial charge in [0.05, 0.1) is 0 Å². The Kier molecular flexibility index (Phi) is 1.95. The van der Waals surface area contributed by atoms with E-state index < -0.39 is 0 Å². The Bertz CT molecular complexity index is 123. The minimum Gasteiger partial charge on any atom is -0.0651 e. The zero-order chi connectivity index (χ0) is 7.84. The van der Waals surface area contributed by atoms with Crippen LogP contribution in [0.3, 0.4) is 0 Å². The maximum atomic E-state index is 2.38. The SMILES string of the molecule is CC[C@H]1C2CCC(C2)[C@@H]1CC. The van der Waals surface area contributed by atoms with Crippen molar-refractivity contribution in [2.75, 3.05) is 0 Å². The monoisotopic (exact) mass is 152 g/mol. The molecule has 0 aromatic carbocycles. The average Bonchev–Trinajstić information content (AvgIpc) is 2.60. The molecule has 2 aliphatic rings. The van der Waals surface area contributed by atoms with Gasteiger partial charge in [0.1, 0.15) is 0 Å². The van der Waals surface area contributed by atoms with Crippen LogP contribution in [-0.2, 0) is 0 Å². The predicted octanol–water partition coefficient (Wildman–Crippen LogP) is 3.47. The molecule has 0 N–H and O–H groups in total. The topological polar surface area (TPSA) is 0 Å². The Labute approximate surface area is 70.4 Å². The predicted molar refractivity (Wildman–Crippen MR) is 48.4 cm³/mol. The van der Waals surface area contributed by atoms with Gasteiger partial charge in [0, 0.05) is 0 Å². The molecule has 0 heterocycles. The lowest BCUT2D eigenvalue weighted by Crippen LogP contribution is -2.20. The molecule has 2 rings (SSSR count). The fourth-order valence-electron chi connectivity index (χ4n) is 3.80. The second-order valence-corrected chi connectivity index (χ2v) is 4.48. The summed E-state index contributed by atoms with van der Waals surface area (Å²) in [5.41, 5.74) is 0. The molecule has 0 aromatic rings. The van der Waals surface area contributed by atoms with E-state index in [1.165, 1.54) is 12.8 Å². The highest BCUT2D eigenvalue weighted by atomic mass is 14.5. The van der Waals surface area contributed by atoms with Gasteiger partial charge in [-0.3, -0.25) is 0 Å². The van der Waals surface area contributed by atoms with Gasteiger partial charge in [-0.05, 0) is 42.9 Å². The minimum atomic E-state index is 1.11. The first-order chi connectivity index (χ1) is 5.36.